The van der Waals surface area contributed by atoms with E-state index in [9.17, 15) is 4.79 Å². The number of hydrazone groups is 1. The van der Waals surface area contributed by atoms with E-state index in [1.165, 1.54) is 6.21 Å². The molecule has 1 amide bonds. The zero-order chi connectivity index (χ0) is 21.7. The summed E-state index contributed by atoms with van der Waals surface area (Å²) >= 11 is 0. The molecule has 0 unspecified atom stereocenters. The largest absolute Gasteiger partial charge is 0.489 e. The van der Waals surface area contributed by atoms with Crippen LogP contribution in [0.2, 0.25) is 0 Å². The van der Waals surface area contributed by atoms with Gasteiger partial charge in [-0.05, 0) is 42.0 Å². The number of hydrogen-bond donors (Lipinski definition) is 1. The van der Waals surface area contributed by atoms with Gasteiger partial charge in [-0.15, -0.1) is 0 Å². The minimum Gasteiger partial charge on any atom is -0.489 e. The molecule has 0 bridgehead atoms. The summed E-state index contributed by atoms with van der Waals surface area (Å²) in [5.74, 6) is 1.58. The first-order valence-electron chi connectivity index (χ1n) is 9.79. The molecule has 1 N–H and O–H groups in total. The van der Waals surface area contributed by atoms with Gasteiger partial charge in [-0.2, -0.15) is 5.10 Å². The van der Waals surface area contributed by atoms with Gasteiger partial charge in [0.15, 0.2) is 6.61 Å². The SMILES string of the molecule is C=CCOc1ccccc1/C=N\NC(=O)COc1ccc(OCc2ccccc2)cc1. The van der Waals surface area contributed by atoms with Crippen LogP contribution in [0.3, 0.4) is 0 Å². The zero-order valence-electron chi connectivity index (χ0n) is 17.1. The highest BCUT2D eigenvalue weighted by atomic mass is 16.5. The van der Waals surface area contributed by atoms with Crippen LogP contribution in [0.15, 0.2) is 96.6 Å². The van der Waals surface area contributed by atoms with Gasteiger partial charge in [-0.3, -0.25) is 4.79 Å². The number of carbonyl (C=O) groups is 1. The lowest BCUT2D eigenvalue weighted by molar-refractivity contribution is -0.123. The third-order valence-electron chi connectivity index (χ3n) is 4.11. The van der Waals surface area contributed by atoms with Crippen molar-refractivity contribution >= 4 is 12.1 Å². The molecule has 158 valence electrons. The maximum atomic E-state index is 12.0. The Labute approximate surface area is 181 Å². The van der Waals surface area contributed by atoms with Gasteiger partial charge in [0.1, 0.15) is 30.5 Å². The Hall–Kier alpha value is -4.06. The maximum absolute atomic E-state index is 12.0. The summed E-state index contributed by atoms with van der Waals surface area (Å²) < 4.78 is 16.8. The van der Waals surface area contributed by atoms with E-state index in [1.54, 1.807) is 30.3 Å². The van der Waals surface area contributed by atoms with Gasteiger partial charge in [-0.25, -0.2) is 5.43 Å². The lowest BCUT2D eigenvalue weighted by atomic mass is 10.2. The number of ether oxygens (including phenoxy) is 3. The summed E-state index contributed by atoms with van der Waals surface area (Å²) in [6.07, 6.45) is 3.18. The smallest absolute Gasteiger partial charge is 0.277 e. The minimum absolute atomic E-state index is 0.157. The molecule has 3 aromatic rings. The van der Waals surface area contributed by atoms with E-state index >= 15 is 0 Å². The molecule has 3 rings (SSSR count). The van der Waals surface area contributed by atoms with Crippen LogP contribution < -0.4 is 19.6 Å². The summed E-state index contributed by atoms with van der Waals surface area (Å²) in [6.45, 7) is 4.35. The van der Waals surface area contributed by atoms with Crippen molar-refractivity contribution in [1.29, 1.82) is 0 Å². The first-order valence-corrected chi connectivity index (χ1v) is 9.79. The van der Waals surface area contributed by atoms with E-state index in [0.29, 0.717) is 24.7 Å². The van der Waals surface area contributed by atoms with Gasteiger partial charge >= 0.3 is 0 Å². The molecule has 0 fully saturated rings. The van der Waals surface area contributed by atoms with Gasteiger partial charge in [0, 0.05) is 5.56 Å². The van der Waals surface area contributed by atoms with Crippen LogP contribution in [0.5, 0.6) is 17.2 Å². The monoisotopic (exact) mass is 416 g/mol. The summed E-state index contributed by atoms with van der Waals surface area (Å²) in [5, 5.41) is 3.96. The van der Waals surface area contributed by atoms with Gasteiger partial charge in [0.05, 0.1) is 6.21 Å². The molecule has 0 saturated heterocycles. The van der Waals surface area contributed by atoms with Crippen molar-refractivity contribution in [2.24, 2.45) is 5.10 Å². The number of rotatable bonds is 11. The molecule has 0 heterocycles. The molecule has 3 aromatic carbocycles. The first-order chi connectivity index (χ1) is 15.2. The van der Waals surface area contributed by atoms with Crippen molar-refractivity contribution in [2.75, 3.05) is 13.2 Å². The topological polar surface area (TPSA) is 69.2 Å². The Morgan fingerprint density at radius 3 is 2.29 bits per heavy atom. The fourth-order valence-corrected chi connectivity index (χ4v) is 2.60. The Kier molecular flexibility index (Phi) is 8.26. The fourth-order valence-electron chi connectivity index (χ4n) is 2.60. The van der Waals surface area contributed by atoms with Crippen molar-refractivity contribution in [3.63, 3.8) is 0 Å². The highest BCUT2D eigenvalue weighted by molar-refractivity contribution is 5.85. The normalized spacial score (nSPS) is 10.5. The second kappa shape index (κ2) is 11.8. The van der Waals surface area contributed by atoms with Gasteiger partial charge in [0.2, 0.25) is 0 Å². The number of carbonyl (C=O) groups excluding carboxylic acids is 1. The van der Waals surface area contributed by atoms with E-state index in [0.717, 1.165) is 16.9 Å². The predicted molar refractivity (Wildman–Crippen MR) is 121 cm³/mol. The van der Waals surface area contributed by atoms with E-state index < -0.39 is 0 Å². The molecule has 0 aliphatic rings. The molecule has 0 aliphatic heterocycles. The van der Waals surface area contributed by atoms with Crippen molar-refractivity contribution in [3.8, 4) is 17.2 Å². The van der Waals surface area contributed by atoms with Crippen molar-refractivity contribution < 1.29 is 19.0 Å². The Morgan fingerprint density at radius 1 is 0.871 bits per heavy atom. The molecule has 0 radical (unpaired) electrons. The van der Waals surface area contributed by atoms with Crippen molar-refractivity contribution in [1.82, 2.24) is 5.43 Å². The molecule has 0 saturated carbocycles. The molecule has 6 nitrogen and oxygen atoms in total. The highest BCUT2D eigenvalue weighted by Gasteiger charge is 2.03. The Bertz CT molecular complexity index is 1000. The van der Waals surface area contributed by atoms with Crippen LogP contribution in [0, 0.1) is 0 Å². The lowest BCUT2D eigenvalue weighted by Crippen LogP contribution is -2.24. The standard InChI is InChI=1S/C25H24N2O4/c1-2-16-29-24-11-7-6-10-21(24)17-26-27-25(28)19-31-23-14-12-22(13-15-23)30-18-20-8-4-3-5-9-20/h2-15,17H,1,16,18-19H2,(H,27,28)/b26-17-. The van der Waals surface area contributed by atoms with Crippen LogP contribution in [-0.2, 0) is 11.4 Å². The van der Waals surface area contributed by atoms with Crippen LogP contribution in [-0.4, -0.2) is 25.3 Å². The quantitative estimate of drug-likeness (QED) is 0.286. The summed E-state index contributed by atoms with van der Waals surface area (Å²) in [4.78, 5) is 12.0. The third kappa shape index (κ3) is 7.36. The van der Waals surface area contributed by atoms with Crippen LogP contribution in [0.1, 0.15) is 11.1 Å². The average Bonchev–Trinajstić information content (AvgIpc) is 2.82. The van der Waals surface area contributed by atoms with Gasteiger partial charge < -0.3 is 14.2 Å². The summed E-state index contributed by atoms with van der Waals surface area (Å²) in [7, 11) is 0. The highest BCUT2D eigenvalue weighted by Crippen LogP contribution is 2.19. The second-order valence-electron chi connectivity index (χ2n) is 6.47. The number of nitrogens with one attached hydrogen (secondary N) is 1. The molecule has 31 heavy (non-hydrogen) atoms. The van der Waals surface area contributed by atoms with E-state index in [4.69, 9.17) is 14.2 Å². The molecule has 0 aromatic heterocycles. The molecule has 0 atom stereocenters. The first kappa shape index (κ1) is 21.6. The van der Waals surface area contributed by atoms with Crippen molar-refractivity contribution in [2.45, 2.75) is 6.61 Å². The Balaban J connectivity index is 1.42. The molecule has 0 spiro atoms. The molecular weight excluding hydrogens is 392 g/mol. The van der Waals surface area contributed by atoms with Crippen LogP contribution in [0.25, 0.3) is 0 Å². The number of amides is 1. The number of hydrogen-bond acceptors (Lipinski definition) is 5. The summed E-state index contributed by atoms with van der Waals surface area (Å²) in [6, 6.07) is 24.4. The second-order valence-corrected chi connectivity index (χ2v) is 6.47. The van der Waals surface area contributed by atoms with Crippen molar-refractivity contribution in [3.05, 3.63) is 103 Å². The molecule has 6 heteroatoms. The van der Waals surface area contributed by atoms with Gasteiger partial charge in [0.25, 0.3) is 5.91 Å². The zero-order valence-corrected chi connectivity index (χ0v) is 17.1. The maximum Gasteiger partial charge on any atom is 0.277 e. The fraction of sp³-hybridized carbons (Fsp3) is 0.120. The third-order valence-corrected chi connectivity index (χ3v) is 4.11. The predicted octanol–water partition coefficient (Wildman–Crippen LogP) is 4.36. The Morgan fingerprint density at radius 2 is 1.55 bits per heavy atom. The molecule has 0 aliphatic carbocycles. The number of para-hydroxylation sites is 1. The van der Waals surface area contributed by atoms with Crippen LogP contribution >= 0.6 is 0 Å². The van der Waals surface area contributed by atoms with E-state index in [1.807, 2.05) is 54.6 Å². The lowest BCUT2D eigenvalue weighted by Gasteiger charge is -2.08. The molecular formula is C25H24N2O4. The number of nitrogens with zero attached hydrogens (tertiary/aromatic N) is 1. The van der Waals surface area contributed by atoms with E-state index in [-0.39, 0.29) is 12.5 Å². The average molecular weight is 416 g/mol. The number of benzene rings is 3. The van der Waals surface area contributed by atoms with E-state index in [2.05, 4.69) is 17.1 Å². The summed E-state index contributed by atoms with van der Waals surface area (Å²) in [5.41, 5.74) is 4.28. The minimum atomic E-state index is -0.370. The van der Waals surface area contributed by atoms with Gasteiger partial charge in [-0.1, -0.05) is 55.1 Å². The van der Waals surface area contributed by atoms with Crippen LogP contribution in [0.4, 0.5) is 0 Å².